The third kappa shape index (κ3) is 3.19. The van der Waals surface area contributed by atoms with E-state index in [-0.39, 0.29) is 0 Å². The van der Waals surface area contributed by atoms with E-state index in [2.05, 4.69) is 5.43 Å². The Morgan fingerprint density at radius 3 is 2.00 bits per heavy atom. The maximum atomic E-state index is 6.39. The van der Waals surface area contributed by atoms with Crippen molar-refractivity contribution in [3.8, 4) is 0 Å². The summed E-state index contributed by atoms with van der Waals surface area (Å²) < 4.78 is 0. The lowest BCUT2D eigenvalue weighted by Gasteiger charge is -2.27. The van der Waals surface area contributed by atoms with E-state index in [9.17, 15) is 0 Å². The maximum Gasteiger partial charge on any atom is 0.0848 e. The van der Waals surface area contributed by atoms with Crippen LogP contribution >= 0.6 is 23.2 Å². The average Bonchev–Trinajstić information content (AvgIpc) is 2.57. The lowest BCUT2D eigenvalue weighted by Crippen LogP contribution is -2.24. The molecule has 0 saturated carbocycles. The first-order chi connectivity index (χ1) is 10.8. The number of hydrogen-bond donors (Lipinski definition) is 1. The van der Waals surface area contributed by atoms with E-state index in [1.165, 1.54) is 0 Å². The molecular formula is C18H14Cl2N2. The molecule has 0 amide bonds. The zero-order chi connectivity index (χ0) is 15.4. The van der Waals surface area contributed by atoms with Crippen molar-refractivity contribution in [2.24, 2.45) is 0 Å². The summed E-state index contributed by atoms with van der Waals surface area (Å²) in [7, 11) is 0. The number of anilines is 3. The highest BCUT2D eigenvalue weighted by Gasteiger charge is 2.14. The Morgan fingerprint density at radius 2 is 1.32 bits per heavy atom. The molecule has 0 saturated heterocycles. The summed E-state index contributed by atoms with van der Waals surface area (Å²) in [4.78, 5) is 0. The molecule has 4 heteroatoms. The average molecular weight is 329 g/mol. The second kappa shape index (κ2) is 6.73. The van der Waals surface area contributed by atoms with Crippen molar-refractivity contribution in [3.63, 3.8) is 0 Å². The van der Waals surface area contributed by atoms with Crippen molar-refractivity contribution in [3.05, 3.63) is 88.9 Å². The monoisotopic (exact) mass is 328 g/mol. The molecule has 0 bridgehead atoms. The van der Waals surface area contributed by atoms with Crippen molar-refractivity contribution < 1.29 is 0 Å². The van der Waals surface area contributed by atoms with Gasteiger partial charge in [-0.05, 0) is 36.4 Å². The standard InChI is InChI=1S/C18H14Cl2N2/c19-16-12-7-13-17(18(16)20)22(15-10-5-2-6-11-15)21-14-8-3-1-4-9-14/h1-13,21H. The number of hydrazine groups is 1. The summed E-state index contributed by atoms with van der Waals surface area (Å²) in [6.45, 7) is 0. The molecule has 22 heavy (non-hydrogen) atoms. The van der Waals surface area contributed by atoms with Crippen LogP contribution in [0.5, 0.6) is 0 Å². The first-order valence-electron chi connectivity index (χ1n) is 6.86. The number of nitrogens with zero attached hydrogens (tertiary/aromatic N) is 1. The van der Waals surface area contributed by atoms with Gasteiger partial charge in [0.25, 0.3) is 0 Å². The predicted octanol–water partition coefficient (Wildman–Crippen LogP) is 6.16. The van der Waals surface area contributed by atoms with Crippen LogP contribution in [0.4, 0.5) is 17.1 Å². The molecule has 2 nitrogen and oxygen atoms in total. The Labute approximate surface area is 139 Å². The summed E-state index contributed by atoms with van der Waals surface area (Å²) in [6.07, 6.45) is 0. The third-order valence-corrected chi connectivity index (χ3v) is 4.01. The fourth-order valence-corrected chi connectivity index (χ4v) is 2.53. The van der Waals surface area contributed by atoms with Crippen molar-refractivity contribution in [2.45, 2.75) is 0 Å². The molecule has 110 valence electrons. The van der Waals surface area contributed by atoms with Gasteiger partial charge in [-0.25, -0.2) is 0 Å². The van der Waals surface area contributed by atoms with Gasteiger partial charge in [0.2, 0.25) is 0 Å². The van der Waals surface area contributed by atoms with Crippen molar-refractivity contribution in [2.75, 3.05) is 10.4 Å². The first-order valence-corrected chi connectivity index (χ1v) is 7.62. The molecule has 0 spiro atoms. The van der Waals surface area contributed by atoms with Gasteiger partial charge in [0.1, 0.15) is 0 Å². The van der Waals surface area contributed by atoms with E-state index in [1.54, 1.807) is 6.07 Å². The number of hydrogen-bond acceptors (Lipinski definition) is 2. The molecule has 3 aromatic rings. The van der Waals surface area contributed by atoms with Gasteiger partial charge in [0.05, 0.1) is 27.1 Å². The quantitative estimate of drug-likeness (QED) is 0.577. The van der Waals surface area contributed by atoms with Crippen LogP contribution in [-0.4, -0.2) is 0 Å². The number of nitrogens with one attached hydrogen (secondary N) is 1. The zero-order valence-electron chi connectivity index (χ0n) is 11.7. The van der Waals surface area contributed by atoms with Gasteiger partial charge in [-0.3, -0.25) is 10.4 Å². The van der Waals surface area contributed by atoms with E-state index in [0.717, 1.165) is 17.1 Å². The molecule has 0 radical (unpaired) electrons. The van der Waals surface area contributed by atoms with E-state index >= 15 is 0 Å². The van der Waals surface area contributed by atoms with Crippen LogP contribution in [0.15, 0.2) is 78.9 Å². The third-order valence-electron chi connectivity index (χ3n) is 3.20. The molecule has 3 rings (SSSR count). The Morgan fingerprint density at radius 1 is 0.682 bits per heavy atom. The fraction of sp³-hybridized carbons (Fsp3) is 0. The first kappa shape index (κ1) is 14.8. The van der Waals surface area contributed by atoms with Gasteiger partial charge in [-0.15, -0.1) is 0 Å². The zero-order valence-corrected chi connectivity index (χ0v) is 13.2. The lowest BCUT2D eigenvalue weighted by atomic mass is 10.2. The SMILES string of the molecule is Clc1cccc(N(Nc2ccccc2)c2ccccc2)c1Cl. The van der Waals surface area contributed by atoms with E-state index < -0.39 is 0 Å². The fourth-order valence-electron chi connectivity index (χ4n) is 2.15. The number of benzene rings is 3. The summed E-state index contributed by atoms with van der Waals surface area (Å²) >= 11 is 12.6. The van der Waals surface area contributed by atoms with Crippen LogP contribution in [0, 0.1) is 0 Å². The molecule has 0 unspecified atom stereocenters. The van der Waals surface area contributed by atoms with Crippen molar-refractivity contribution in [1.29, 1.82) is 0 Å². The van der Waals surface area contributed by atoms with Gasteiger partial charge in [0, 0.05) is 0 Å². The molecule has 0 fully saturated rings. The van der Waals surface area contributed by atoms with Crippen LogP contribution in [0.25, 0.3) is 0 Å². The van der Waals surface area contributed by atoms with Crippen LogP contribution in [0.3, 0.4) is 0 Å². The molecule has 0 aliphatic heterocycles. The van der Waals surface area contributed by atoms with E-state index in [4.69, 9.17) is 23.2 Å². The van der Waals surface area contributed by atoms with E-state index in [0.29, 0.717) is 10.0 Å². The minimum atomic E-state index is 0.511. The van der Waals surface area contributed by atoms with Crippen LogP contribution in [0.1, 0.15) is 0 Å². The minimum Gasteiger partial charge on any atom is -0.294 e. The summed E-state index contributed by atoms with van der Waals surface area (Å²) in [5.74, 6) is 0. The topological polar surface area (TPSA) is 15.3 Å². The Hall–Kier alpha value is -2.16. The smallest absolute Gasteiger partial charge is 0.0848 e. The summed E-state index contributed by atoms with van der Waals surface area (Å²) in [6, 6.07) is 25.5. The number of rotatable bonds is 4. The second-order valence-corrected chi connectivity index (χ2v) is 5.51. The van der Waals surface area contributed by atoms with Crippen LogP contribution in [0.2, 0.25) is 10.0 Å². The van der Waals surface area contributed by atoms with E-state index in [1.807, 2.05) is 77.8 Å². The Balaban J connectivity index is 2.05. The molecule has 0 atom stereocenters. The molecule has 0 aliphatic carbocycles. The van der Waals surface area contributed by atoms with Gasteiger partial charge < -0.3 is 0 Å². The second-order valence-electron chi connectivity index (χ2n) is 4.72. The summed E-state index contributed by atoms with van der Waals surface area (Å²) in [5.41, 5.74) is 6.09. The highest BCUT2D eigenvalue weighted by molar-refractivity contribution is 6.43. The number of para-hydroxylation sites is 2. The molecule has 0 heterocycles. The van der Waals surface area contributed by atoms with Crippen LogP contribution < -0.4 is 10.4 Å². The molecular weight excluding hydrogens is 315 g/mol. The van der Waals surface area contributed by atoms with Gasteiger partial charge in [-0.1, -0.05) is 65.7 Å². The minimum absolute atomic E-state index is 0.511. The largest absolute Gasteiger partial charge is 0.294 e. The molecule has 0 aromatic heterocycles. The van der Waals surface area contributed by atoms with Gasteiger partial charge in [0.15, 0.2) is 0 Å². The lowest BCUT2D eigenvalue weighted by molar-refractivity contribution is 1.16. The molecule has 0 aliphatic rings. The van der Waals surface area contributed by atoms with Crippen LogP contribution in [-0.2, 0) is 0 Å². The predicted molar refractivity (Wildman–Crippen MR) is 95.1 cm³/mol. The van der Waals surface area contributed by atoms with Crippen molar-refractivity contribution in [1.82, 2.24) is 0 Å². The Kier molecular flexibility index (Phi) is 4.52. The maximum absolute atomic E-state index is 6.39. The summed E-state index contributed by atoms with van der Waals surface area (Å²) in [5, 5.41) is 2.95. The van der Waals surface area contributed by atoms with Gasteiger partial charge in [-0.2, -0.15) is 0 Å². The molecule has 1 N–H and O–H groups in total. The Bertz CT molecular complexity index is 746. The highest BCUT2D eigenvalue weighted by Crippen LogP contribution is 2.36. The van der Waals surface area contributed by atoms with Crippen molar-refractivity contribution >= 4 is 40.3 Å². The molecule has 3 aromatic carbocycles. The normalized spacial score (nSPS) is 10.3. The van der Waals surface area contributed by atoms with Gasteiger partial charge >= 0.3 is 0 Å². The highest BCUT2D eigenvalue weighted by atomic mass is 35.5. The number of halogens is 2.